The van der Waals surface area contributed by atoms with E-state index >= 15 is 0 Å². The van der Waals surface area contributed by atoms with Crippen LogP contribution in [0.3, 0.4) is 0 Å². The van der Waals surface area contributed by atoms with Gasteiger partial charge in [0.25, 0.3) is 0 Å². The molecule has 5 heteroatoms. The largest absolute Gasteiger partial charge is 0.351 e. The lowest BCUT2D eigenvalue weighted by Gasteiger charge is -2.04. The highest BCUT2D eigenvalue weighted by Crippen LogP contribution is 2.10. The van der Waals surface area contributed by atoms with Gasteiger partial charge >= 0.3 is 6.03 Å². The molecule has 0 aliphatic carbocycles. The third-order valence-corrected chi connectivity index (χ3v) is 2.20. The summed E-state index contributed by atoms with van der Waals surface area (Å²) < 4.78 is 0. The first-order chi connectivity index (χ1) is 8.47. The third kappa shape index (κ3) is 5.50. The zero-order valence-corrected chi connectivity index (χ0v) is 11.1. The van der Waals surface area contributed by atoms with Crippen molar-refractivity contribution in [3.63, 3.8) is 0 Å². The molecule has 0 saturated carbocycles. The number of hydrogen-bond acceptors (Lipinski definition) is 2. The SMILES string of the molecule is CC(C)N=C(C=Cc1ccc(Cl)cc1)NC(N)=O. The summed E-state index contributed by atoms with van der Waals surface area (Å²) in [5.41, 5.74) is 6.04. The summed E-state index contributed by atoms with van der Waals surface area (Å²) in [6.07, 6.45) is 3.53. The molecule has 3 N–H and O–H groups in total. The molecule has 2 amide bonds. The van der Waals surface area contributed by atoms with E-state index in [1.165, 1.54) is 0 Å². The molecule has 0 aromatic heterocycles. The summed E-state index contributed by atoms with van der Waals surface area (Å²) in [5.74, 6) is 0.437. The smallest absolute Gasteiger partial charge is 0.317 e. The maximum absolute atomic E-state index is 10.8. The lowest BCUT2D eigenvalue weighted by Crippen LogP contribution is -2.34. The van der Waals surface area contributed by atoms with Gasteiger partial charge in [-0.25, -0.2) is 4.79 Å². The molecule has 0 fully saturated rings. The van der Waals surface area contributed by atoms with Crippen molar-refractivity contribution in [2.75, 3.05) is 0 Å². The fourth-order valence-corrected chi connectivity index (χ4v) is 1.40. The highest BCUT2D eigenvalue weighted by atomic mass is 35.5. The van der Waals surface area contributed by atoms with E-state index in [2.05, 4.69) is 10.3 Å². The summed E-state index contributed by atoms with van der Waals surface area (Å²) >= 11 is 5.79. The predicted octanol–water partition coefficient (Wildman–Crippen LogP) is 2.83. The van der Waals surface area contributed by atoms with Crippen LogP contribution in [0.2, 0.25) is 5.02 Å². The number of carbonyl (C=O) groups is 1. The molecule has 0 aliphatic rings. The van der Waals surface area contributed by atoms with Crippen LogP contribution in [0.4, 0.5) is 4.79 Å². The minimum absolute atomic E-state index is 0.0710. The maximum Gasteiger partial charge on any atom is 0.317 e. The molecule has 96 valence electrons. The van der Waals surface area contributed by atoms with E-state index in [0.29, 0.717) is 10.9 Å². The molecule has 0 spiro atoms. The monoisotopic (exact) mass is 265 g/mol. The van der Waals surface area contributed by atoms with E-state index < -0.39 is 6.03 Å². The van der Waals surface area contributed by atoms with Crippen LogP contribution in [0.25, 0.3) is 6.08 Å². The van der Waals surface area contributed by atoms with E-state index in [1.54, 1.807) is 18.2 Å². The molecular formula is C13H16ClN3O. The maximum atomic E-state index is 10.8. The lowest BCUT2D eigenvalue weighted by atomic mass is 10.2. The van der Waals surface area contributed by atoms with E-state index in [9.17, 15) is 4.79 Å². The number of nitrogens with two attached hydrogens (primary N) is 1. The Labute approximate surface area is 112 Å². The lowest BCUT2D eigenvalue weighted by molar-refractivity contribution is 0.253. The fraction of sp³-hybridized carbons (Fsp3) is 0.231. The summed E-state index contributed by atoms with van der Waals surface area (Å²) in [6, 6.07) is 6.77. The Morgan fingerprint density at radius 1 is 1.39 bits per heavy atom. The summed E-state index contributed by atoms with van der Waals surface area (Å²) in [5, 5.41) is 3.15. The number of aliphatic imine (C=N–C) groups is 1. The Morgan fingerprint density at radius 2 is 2.00 bits per heavy atom. The molecule has 0 radical (unpaired) electrons. The molecule has 1 rings (SSSR count). The molecular weight excluding hydrogens is 250 g/mol. The number of nitrogens with zero attached hydrogens (tertiary/aromatic N) is 1. The van der Waals surface area contributed by atoms with Crippen LogP contribution in [0.1, 0.15) is 19.4 Å². The quantitative estimate of drug-likeness (QED) is 0.640. The van der Waals surface area contributed by atoms with Gasteiger partial charge in [0.15, 0.2) is 0 Å². The Morgan fingerprint density at radius 3 is 2.50 bits per heavy atom. The first-order valence-electron chi connectivity index (χ1n) is 5.55. The van der Waals surface area contributed by atoms with Crippen molar-refractivity contribution in [1.29, 1.82) is 0 Å². The average Bonchev–Trinajstić information content (AvgIpc) is 2.26. The van der Waals surface area contributed by atoms with E-state index in [-0.39, 0.29) is 6.04 Å². The third-order valence-electron chi connectivity index (χ3n) is 1.95. The van der Waals surface area contributed by atoms with Gasteiger partial charge in [-0.3, -0.25) is 10.3 Å². The molecule has 0 atom stereocenters. The Kier molecular flexibility index (Phi) is 5.39. The number of rotatable bonds is 3. The van der Waals surface area contributed by atoms with Gasteiger partial charge in [0.2, 0.25) is 0 Å². The van der Waals surface area contributed by atoms with E-state index in [0.717, 1.165) is 5.56 Å². The topological polar surface area (TPSA) is 67.5 Å². The summed E-state index contributed by atoms with van der Waals surface area (Å²) in [7, 11) is 0. The van der Waals surface area contributed by atoms with Crippen LogP contribution in [-0.4, -0.2) is 17.9 Å². The number of halogens is 1. The van der Waals surface area contributed by atoms with Gasteiger partial charge in [-0.1, -0.05) is 29.8 Å². The van der Waals surface area contributed by atoms with Crippen molar-refractivity contribution in [2.45, 2.75) is 19.9 Å². The number of benzene rings is 1. The molecule has 0 unspecified atom stereocenters. The number of primary amides is 1. The van der Waals surface area contributed by atoms with Crippen molar-refractivity contribution in [1.82, 2.24) is 5.32 Å². The highest BCUT2D eigenvalue weighted by Gasteiger charge is 1.99. The van der Waals surface area contributed by atoms with Gasteiger partial charge in [-0.05, 0) is 37.6 Å². The fourth-order valence-electron chi connectivity index (χ4n) is 1.27. The second kappa shape index (κ2) is 6.81. The molecule has 0 aliphatic heterocycles. The Hall–Kier alpha value is -1.81. The van der Waals surface area contributed by atoms with Crippen molar-refractivity contribution < 1.29 is 4.79 Å². The van der Waals surface area contributed by atoms with Crippen LogP contribution in [0.5, 0.6) is 0 Å². The number of carbonyl (C=O) groups excluding carboxylic acids is 1. The molecule has 1 aromatic rings. The van der Waals surface area contributed by atoms with Crippen LogP contribution in [0, 0.1) is 0 Å². The number of amides is 2. The average molecular weight is 266 g/mol. The number of amidine groups is 1. The molecule has 1 aromatic carbocycles. The number of hydrogen-bond donors (Lipinski definition) is 2. The van der Waals surface area contributed by atoms with Crippen LogP contribution in [0.15, 0.2) is 35.3 Å². The first kappa shape index (κ1) is 14.3. The van der Waals surface area contributed by atoms with Gasteiger partial charge in [-0.15, -0.1) is 0 Å². The second-order valence-corrected chi connectivity index (χ2v) is 4.42. The zero-order chi connectivity index (χ0) is 13.5. The van der Waals surface area contributed by atoms with Crippen molar-refractivity contribution in [3.05, 3.63) is 40.9 Å². The molecule has 18 heavy (non-hydrogen) atoms. The predicted molar refractivity (Wildman–Crippen MR) is 75.8 cm³/mol. The highest BCUT2D eigenvalue weighted by molar-refractivity contribution is 6.30. The molecule has 4 nitrogen and oxygen atoms in total. The van der Waals surface area contributed by atoms with Crippen molar-refractivity contribution >= 4 is 29.5 Å². The van der Waals surface area contributed by atoms with Crippen LogP contribution >= 0.6 is 11.6 Å². The minimum atomic E-state index is -0.629. The van der Waals surface area contributed by atoms with Crippen LogP contribution < -0.4 is 11.1 Å². The summed E-state index contributed by atoms with van der Waals surface area (Å²) in [4.78, 5) is 15.1. The van der Waals surface area contributed by atoms with Gasteiger partial charge in [0.1, 0.15) is 5.84 Å². The minimum Gasteiger partial charge on any atom is -0.351 e. The van der Waals surface area contributed by atoms with Gasteiger partial charge in [-0.2, -0.15) is 0 Å². The van der Waals surface area contributed by atoms with E-state index in [4.69, 9.17) is 17.3 Å². The molecule has 0 heterocycles. The molecule has 0 saturated heterocycles. The first-order valence-corrected chi connectivity index (χ1v) is 5.93. The number of nitrogens with one attached hydrogen (secondary N) is 1. The zero-order valence-electron chi connectivity index (χ0n) is 10.4. The standard InChI is InChI=1S/C13H16ClN3O/c1-9(2)16-12(17-13(15)18)8-5-10-3-6-11(14)7-4-10/h3-9H,1-2H3,(H3,15,16,17,18). The second-order valence-electron chi connectivity index (χ2n) is 3.98. The number of urea groups is 1. The summed E-state index contributed by atoms with van der Waals surface area (Å²) in [6.45, 7) is 3.83. The molecule has 0 bridgehead atoms. The normalized spacial score (nSPS) is 12.1. The Bertz CT molecular complexity index is 464. The van der Waals surface area contributed by atoms with Crippen molar-refractivity contribution in [2.24, 2.45) is 10.7 Å². The van der Waals surface area contributed by atoms with Gasteiger partial charge < -0.3 is 5.73 Å². The van der Waals surface area contributed by atoms with Crippen LogP contribution in [-0.2, 0) is 0 Å². The van der Waals surface area contributed by atoms with Gasteiger partial charge in [0, 0.05) is 11.1 Å². The van der Waals surface area contributed by atoms with Gasteiger partial charge in [0.05, 0.1) is 0 Å². The van der Waals surface area contributed by atoms with Crippen molar-refractivity contribution in [3.8, 4) is 0 Å². The Balaban J connectivity index is 2.82. The van der Waals surface area contributed by atoms with E-state index in [1.807, 2.05) is 32.1 Å².